The minimum atomic E-state index is -0.372. The molecule has 0 fully saturated rings. The molecule has 1 aliphatic heterocycles. The Morgan fingerprint density at radius 1 is 1.00 bits per heavy atom. The van der Waals surface area contributed by atoms with Crippen molar-refractivity contribution >= 4 is 33.7 Å². The Hall–Kier alpha value is -2.53. The van der Waals surface area contributed by atoms with Gasteiger partial charge >= 0.3 is 5.97 Å². The van der Waals surface area contributed by atoms with Crippen LogP contribution in [0.15, 0.2) is 58.6 Å². The maximum absolute atomic E-state index is 12.1. The number of carbonyl (C=O) groups excluding carboxylic acids is 1. The van der Waals surface area contributed by atoms with E-state index in [1.54, 1.807) is 32.4 Å². The van der Waals surface area contributed by atoms with Crippen molar-refractivity contribution in [2.75, 3.05) is 14.2 Å². The highest BCUT2D eigenvalue weighted by Crippen LogP contribution is 2.31. The van der Waals surface area contributed by atoms with Crippen LogP contribution >= 0.6 is 15.9 Å². The number of cyclic esters (lactones) is 1. The Balaban J connectivity index is 1.92. The van der Waals surface area contributed by atoms with Crippen LogP contribution in [0, 0.1) is 0 Å². The fourth-order valence-electron chi connectivity index (χ4n) is 2.37. The predicted octanol–water partition coefficient (Wildman–Crippen LogP) is 4.45. The topological polar surface area (TPSA) is 44.8 Å². The fourth-order valence-corrected chi connectivity index (χ4v) is 2.63. The minimum absolute atomic E-state index is 0.372. The first-order valence-electron chi connectivity index (χ1n) is 7.24. The summed E-state index contributed by atoms with van der Waals surface area (Å²) in [7, 11) is 3.15. The van der Waals surface area contributed by atoms with Gasteiger partial charge in [0, 0.05) is 10.0 Å². The van der Waals surface area contributed by atoms with Gasteiger partial charge in [0.15, 0.2) is 11.5 Å². The van der Waals surface area contributed by atoms with E-state index in [0.29, 0.717) is 22.8 Å². The monoisotopic (exact) mass is 386 g/mol. The van der Waals surface area contributed by atoms with E-state index in [1.807, 2.05) is 36.4 Å². The average Bonchev–Trinajstić information content (AvgIpc) is 2.96. The summed E-state index contributed by atoms with van der Waals surface area (Å²) in [6, 6.07) is 13.0. The fraction of sp³-hybridized carbons (Fsp3) is 0.105. The Morgan fingerprint density at radius 2 is 1.71 bits per heavy atom. The maximum atomic E-state index is 12.1. The highest BCUT2D eigenvalue weighted by molar-refractivity contribution is 9.10. The summed E-state index contributed by atoms with van der Waals surface area (Å²) >= 11 is 3.39. The van der Waals surface area contributed by atoms with E-state index in [4.69, 9.17) is 14.2 Å². The van der Waals surface area contributed by atoms with Crippen molar-refractivity contribution < 1.29 is 19.0 Å². The van der Waals surface area contributed by atoms with Crippen LogP contribution in [0.25, 0.3) is 11.8 Å². The second kappa shape index (κ2) is 6.93. The highest BCUT2D eigenvalue weighted by Gasteiger charge is 2.22. The first-order chi connectivity index (χ1) is 11.6. The molecular formula is C19H15BrO4. The van der Waals surface area contributed by atoms with Gasteiger partial charge in [0.1, 0.15) is 5.76 Å². The van der Waals surface area contributed by atoms with E-state index >= 15 is 0 Å². The summed E-state index contributed by atoms with van der Waals surface area (Å²) in [5.41, 5.74) is 2.16. The molecule has 0 saturated carbocycles. The number of hydrogen-bond donors (Lipinski definition) is 0. The van der Waals surface area contributed by atoms with Gasteiger partial charge in [0.05, 0.1) is 19.8 Å². The summed E-state index contributed by atoms with van der Waals surface area (Å²) in [6.07, 6.45) is 3.50. The molecule has 0 radical (unpaired) electrons. The van der Waals surface area contributed by atoms with E-state index in [2.05, 4.69) is 15.9 Å². The van der Waals surface area contributed by atoms with Gasteiger partial charge < -0.3 is 14.2 Å². The van der Waals surface area contributed by atoms with Gasteiger partial charge in [-0.1, -0.05) is 34.1 Å². The van der Waals surface area contributed by atoms with Crippen LogP contribution in [0.4, 0.5) is 0 Å². The second-order valence-corrected chi connectivity index (χ2v) is 6.03. The van der Waals surface area contributed by atoms with Crippen LogP contribution < -0.4 is 9.47 Å². The molecule has 24 heavy (non-hydrogen) atoms. The van der Waals surface area contributed by atoms with Crippen molar-refractivity contribution in [2.45, 2.75) is 0 Å². The van der Waals surface area contributed by atoms with Crippen molar-refractivity contribution in [3.05, 3.63) is 69.7 Å². The summed E-state index contributed by atoms with van der Waals surface area (Å²) in [5.74, 6) is 1.41. The molecule has 4 nitrogen and oxygen atoms in total. The minimum Gasteiger partial charge on any atom is -0.493 e. The van der Waals surface area contributed by atoms with Gasteiger partial charge in [-0.15, -0.1) is 0 Å². The first-order valence-corrected chi connectivity index (χ1v) is 8.03. The molecule has 1 aliphatic rings. The van der Waals surface area contributed by atoms with Crippen LogP contribution in [-0.4, -0.2) is 20.2 Å². The lowest BCUT2D eigenvalue weighted by Crippen LogP contribution is -1.97. The normalized spacial score (nSPS) is 15.2. The molecule has 0 aromatic heterocycles. The van der Waals surface area contributed by atoms with Gasteiger partial charge in [0.25, 0.3) is 0 Å². The molecule has 3 rings (SSSR count). The lowest BCUT2D eigenvalue weighted by Gasteiger charge is -2.07. The number of halogens is 1. The number of rotatable bonds is 4. The van der Waals surface area contributed by atoms with Crippen molar-refractivity contribution in [1.29, 1.82) is 0 Å². The standard InChI is InChI=1S/C19H15BrO4/c1-22-16-8-3-12(10-18(16)23-2)9-14-11-17(24-19(14)21)13-4-6-15(20)7-5-13/h3-11H,1-2H3/b14-9+. The molecule has 0 spiro atoms. The Labute approximate surface area is 148 Å². The largest absolute Gasteiger partial charge is 0.493 e. The smallest absolute Gasteiger partial charge is 0.343 e. The number of benzene rings is 2. The molecule has 122 valence electrons. The number of esters is 1. The molecule has 0 amide bonds. The summed E-state index contributed by atoms with van der Waals surface area (Å²) in [5, 5.41) is 0. The van der Waals surface area contributed by atoms with Crippen LogP contribution in [0.1, 0.15) is 11.1 Å². The molecule has 0 aliphatic carbocycles. The molecule has 5 heteroatoms. The third-order valence-corrected chi connectivity index (χ3v) is 4.11. The SMILES string of the molecule is COc1ccc(/C=C2\C=C(c3ccc(Br)cc3)OC2=O)cc1OC. The maximum Gasteiger partial charge on any atom is 0.343 e. The van der Waals surface area contributed by atoms with E-state index in [9.17, 15) is 4.79 Å². The van der Waals surface area contributed by atoms with Gasteiger partial charge in [-0.2, -0.15) is 0 Å². The summed E-state index contributed by atoms with van der Waals surface area (Å²) < 4.78 is 16.8. The second-order valence-electron chi connectivity index (χ2n) is 5.12. The van der Waals surface area contributed by atoms with Gasteiger partial charge in [0.2, 0.25) is 0 Å². The zero-order valence-electron chi connectivity index (χ0n) is 13.2. The number of ether oxygens (including phenoxy) is 3. The van der Waals surface area contributed by atoms with Gasteiger partial charge in [-0.3, -0.25) is 0 Å². The van der Waals surface area contributed by atoms with Crippen molar-refractivity contribution in [1.82, 2.24) is 0 Å². The predicted molar refractivity (Wildman–Crippen MR) is 95.7 cm³/mol. The number of hydrogen-bond acceptors (Lipinski definition) is 4. The van der Waals surface area contributed by atoms with E-state index in [1.165, 1.54) is 0 Å². The summed E-state index contributed by atoms with van der Waals surface area (Å²) in [6.45, 7) is 0. The molecule has 2 aromatic rings. The van der Waals surface area contributed by atoms with Crippen molar-refractivity contribution in [2.24, 2.45) is 0 Å². The Bertz CT molecular complexity index is 835. The molecule has 0 saturated heterocycles. The third-order valence-electron chi connectivity index (χ3n) is 3.58. The van der Waals surface area contributed by atoms with Crippen LogP contribution in [0.5, 0.6) is 11.5 Å². The Morgan fingerprint density at radius 3 is 2.38 bits per heavy atom. The quantitative estimate of drug-likeness (QED) is 0.575. The molecule has 0 bridgehead atoms. The zero-order chi connectivity index (χ0) is 17.1. The molecule has 1 heterocycles. The van der Waals surface area contributed by atoms with Crippen LogP contribution in [-0.2, 0) is 9.53 Å². The van der Waals surface area contributed by atoms with Crippen LogP contribution in [0.2, 0.25) is 0 Å². The lowest BCUT2D eigenvalue weighted by molar-refractivity contribution is -0.130. The number of carbonyl (C=O) groups is 1. The van der Waals surface area contributed by atoms with E-state index in [-0.39, 0.29) is 5.97 Å². The van der Waals surface area contributed by atoms with Gasteiger partial charge in [-0.25, -0.2) is 4.79 Å². The van der Waals surface area contributed by atoms with Crippen molar-refractivity contribution in [3.8, 4) is 11.5 Å². The van der Waals surface area contributed by atoms with Crippen molar-refractivity contribution in [3.63, 3.8) is 0 Å². The summed E-state index contributed by atoms with van der Waals surface area (Å²) in [4.78, 5) is 12.1. The van der Waals surface area contributed by atoms with E-state index in [0.717, 1.165) is 15.6 Å². The average molecular weight is 387 g/mol. The Kier molecular flexibility index (Phi) is 4.71. The molecule has 2 aromatic carbocycles. The lowest BCUT2D eigenvalue weighted by atomic mass is 10.1. The molecule has 0 N–H and O–H groups in total. The number of methoxy groups -OCH3 is 2. The zero-order valence-corrected chi connectivity index (χ0v) is 14.8. The van der Waals surface area contributed by atoms with Crippen LogP contribution in [0.3, 0.4) is 0 Å². The molecule has 0 atom stereocenters. The first kappa shape index (κ1) is 16.3. The van der Waals surface area contributed by atoms with E-state index < -0.39 is 0 Å². The molecular weight excluding hydrogens is 372 g/mol. The van der Waals surface area contributed by atoms with Gasteiger partial charge in [-0.05, 0) is 42.0 Å². The molecule has 0 unspecified atom stereocenters. The highest BCUT2D eigenvalue weighted by atomic mass is 79.9. The third kappa shape index (κ3) is 3.36.